The summed E-state index contributed by atoms with van der Waals surface area (Å²) in [6, 6.07) is 6.99. The summed E-state index contributed by atoms with van der Waals surface area (Å²) in [7, 11) is 0. The first-order valence-corrected chi connectivity index (χ1v) is 6.69. The van der Waals surface area contributed by atoms with Crippen molar-refractivity contribution in [3.05, 3.63) is 29.3 Å². The summed E-state index contributed by atoms with van der Waals surface area (Å²) >= 11 is 0. The molecule has 1 aliphatic rings. The number of halogens is 1. The molecule has 0 spiro atoms. The average molecular weight is 270 g/mol. The Balaban J connectivity index is 0.00000162. The Kier molecular flexibility index (Phi) is 6.51. The molecule has 3 heteroatoms. The second kappa shape index (κ2) is 7.65. The largest absolute Gasteiger partial charge is 0.494 e. The van der Waals surface area contributed by atoms with Crippen molar-refractivity contribution in [1.82, 2.24) is 5.32 Å². The van der Waals surface area contributed by atoms with Crippen molar-refractivity contribution in [2.75, 3.05) is 13.2 Å². The number of ether oxygens (including phenoxy) is 1. The zero-order valence-electron chi connectivity index (χ0n) is 11.4. The minimum atomic E-state index is 0. The van der Waals surface area contributed by atoms with Crippen LogP contribution in [0.15, 0.2) is 18.2 Å². The second-order valence-electron chi connectivity index (χ2n) is 5.03. The molecule has 1 fully saturated rings. The van der Waals surface area contributed by atoms with Crippen LogP contribution in [0.4, 0.5) is 0 Å². The van der Waals surface area contributed by atoms with Crippen molar-refractivity contribution in [3.8, 4) is 5.75 Å². The molecule has 0 amide bonds. The molecular formula is C15H24ClNO. The number of rotatable bonds is 4. The van der Waals surface area contributed by atoms with Crippen LogP contribution in [0.3, 0.4) is 0 Å². The quantitative estimate of drug-likeness (QED) is 0.901. The molecule has 18 heavy (non-hydrogen) atoms. The monoisotopic (exact) mass is 269 g/mol. The fourth-order valence-corrected chi connectivity index (χ4v) is 2.29. The number of hydrogen-bond donors (Lipinski definition) is 1. The van der Waals surface area contributed by atoms with Gasteiger partial charge in [-0.2, -0.15) is 0 Å². The van der Waals surface area contributed by atoms with Gasteiger partial charge in [0.1, 0.15) is 5.75 Å². The van der Waals surface area contributed by atoms with Gasteiger partial charge in [-0.3, -0.25) is 0 Å². The summed E-state index contributed by atoms with van der Waals surface area (Å²) in [6.45, 7) is 6.25. The lowest BCUT2D eigenvalue weighted by Gasteiger charge is -2.23. The number of benzene rings is 1. The minimum absolute atomic E-state index is 0. The lowest BCUT2D eigenvalue weighted by Crippen LogP contribution is -2.35. The maximum Gasteiger partial charge on any atom is 0.119 e. The Hall–Kier alpha value is -0.730. The van der Waals surface area contributed by atoms with E-state index in [1.807, 2.05) is 0 Å². The van der Waals surface area contributed by atoms with Crippen LogP contribution in [0.25, 0.3) is 0 Å². The SMILES string of the molecule is Cc1ccc(OCCC2CCCCN2)cc1C.Cl. The van der Waals surface area contributed by atoms with Crippen molar-refractivity contribution >= 4 is 12.4 Å². The van der Waals surface area contributed by atoms with E-state index in [1.165, 1.54) is 36.9 Å². The Morgan fingerprint density at radius 1 is 1.22 bits per heavy atom. The summed E-state index contributed by atoms with van der Waals surface area (Å²) in [4.78, 5) is 0. The third-order valence-corrected chi connectivity index (χ3v) is 3.63. The highest BCUT2D eigenvalue weighted by Gasteiger charge is 2.11. The molecule has 2 nitrogen and oxygen atoms in total. The van der Waals surface area contributed by atoms with Crippen LogP contribution >= 0.6 is 12.4 Å². The average Bonchev–Trinajstić information content (AvgIpc) is 2.35. The minimum Gasteiger partial charge on any atom is -0.494 e. The first kappa shape index (κ1) is 15.3. The van der Waals surface area contributed by atoms with E-state index in [0.717, 1.165) is 18.8 Å². The van der Waals surface area contributed by atoms with Crippen LogP contribution in [0, 0.1) is 13.8 Å². The molecular weight excluding hydrogens is 246 g/mol. The molecule has 0 radical (unpaired) electrons. The molecule has 0 saturated carbocycles. The van der Waals surface area contributed by atoms with Gasteiger partial charge in [-0.15, -0.1) is 12.4 Å². The molecule has 102 valence electrons. The topological polar surface area (TPSA) is 21.3 Å². The smallest absolute Gasteiger partial charge is 0.119 e. The van der Waals surface area contributed by atoms with Crippen LogP contribution in [-0.2, 0) is 0 Å². The molecule has 0 aliphatic carbocycles. The molecule has 1 aromatic carbocycles. The Bertz CT molecular complexity index is 362. The highest BCUT2D eigenvalue weighted by molar-refractivity contribution is 5.85. The molecule has 1 saturated heterocycles. The zero-order chi connectivity index (χ0) is 12.1. The van der Waals surface area contributed by atoms with Crippen LogP contribution in [0.5, 0.6) is 5.75 Å². The van der Waals surface area contributed by atoms with Gasteiger partial charge in [0.05, 0.1) is 6.61 Å². The summed E-state index contributed by atoms with van der Waals surface area (Å²) in [5.41, 5.74) is 2.63. The molecule has 1 atom stereocenters. The van der Waals surface area contributed by atoms with E-state index in [9.17, 15) is 0 Å². The summed E-state index contributed by atoms with van der Waals surface area (Å²) in [5, 5.41) is 3.55. The fraction of sp³-hybridized carbons (Fsp3) is 0.600. The molecule has 1 N–H and O–H groups in total. The molecule has 1 heterocycles. The van der Waals surface area contributed by atoms with Crippen LogP contribution in [0.2, 0.25) is 0 Å². The third kappa shape index (κ3) is 4.51. The lowest BCUT2D eigenvalue weighted by atomic mass is 10.0. The second-order valence-corrected chi connectivity index (χ2v) is 5.03. The molecule has 1 unspecified atom stereocenters. The number of hydrogen-bond acceptors (Lipinski definition) is 2. The van der Waals surface area contributed by atoms with E-state index in [0.29, 0.717) is 6.04 Å². The van der Waals surface area contributed by atoms with Crippen LogP contribution in [0.1, 0.15) is 36.8 Å². The van der Waals surface area contributed by atoms with Gasteiger partial charge in [0, 0.05) is 6.04 Å². The van der Waals surface area contributed by atoms with E-state index in [4.69, 9.17) is 4.74 Å². The highest BCUT2D eigenvalue weighted by Crippen LogP contribution is 2.17. The predicted molar refractivity (Wildman–Crippen MR) is 78.9 cm³/mol. The lowest BCUT2D eigenvalue weighted by molar-refractivity contribution is 0.268. The normalized spacial score (nSPS) is 19.1. The van der Waals surface area contributed by atoms with Crippen LogP contribution in [-0.4, -0.2) is 19.2 Å². The third-order valence-electron chi connectivity index (χ3n) is 3.63. The van der Waals surface area contributed by atoms with Crippen molar-refractivity contribution in [1.29, 1.82) is 0 Å². The van der Waals surface area contributed by atoms with Crippen molar-refractivity contribution in [3.63, 3.8) is 0 Å². The maximum absolute atomic E-state index is 5.80. The first-order valence-electron chi connectivity index (χ1n) is 6.69. The maximum atomic E-state index is 5.80. The molecule has 2 rings (SSSR count). The van der Waals surface area contributed by atoms with Crippen molar-refractivity contribution in [2.24, 2.45) is 0 Å². The molecule has 0 aromatic heterocycles. The summed E-state index contributed by atoms with van der Waals surface area (Å²) in [6.07, 6.45) is 5.11. The van der Waals surface area contributed by atoms with E-state index < -0.39 is 0 Å². The number of aryl methyl sites for hydroxylation is 2. The Morgan fingerprint density at radius 3 is 2.72 bits per heavy atom. The van der Waals surface area contributed by atoms with E-state index in [-0.39, 0.29) is 12.4 Å². The first-order chi connectivity index (χ1) is 8.25. The van der Waals surface area contributed by atoms with Gasteiger partial charge in [0.15, 0.2) is 0 Å². The Labute approximate surface area is 117 Å². The summed E-state index contributed by atoms with van der Waals surface area (Å²) in [5.74, 6) is 1.00. The number of nitrogens with one attached hydrogen (secondary N) is 1. The molecule has 1 aromatic rings. The van der Waals surface area contributed by atoms with E-state index in [2.05, 4.69) is 37.4 Å². The van der Waals surface area contributed by atoms with Gasteiger partial charge in [-0.05, 0) is 62.9 Å². The van der Waals surface area contributed by atoms with E-state index in [1.54, 1.807) is 0 Å². The van der Waals surface area contributed by atoms with Gasteiger partial charge >= 0.3 is 0 Å². The van der Waals surface area contributed by atoms with Crippen molar-refractivity contribution in [2.45, 2.75) is 45.6 Å². The zero-order valence-corrected chi connectivity index (χ0v) is 12.2. The standard InChI is InChI=1S/C15H23NO.ClH/c1-12-6-7-15(11-13(12)2)17-10-8-14-5-3-4-9-16-14;/h6-7,11,14,16H,3-5,8-10H2,1-2H3;1H. The number of piperidine rings is 1. The fourth-order valence-electron chi connectivity index (χ4n) is 2.29. The van der Waals surface area contributed by atoms with Crippen molar-refractivity contribution < 1.29 is 4.74 Å². The highest BCUT2D eigenvalue weighted by atomic mass is 35.5. The molecule has 1 aliphatic heterocycles. The van der Waals surface area contributed by atoms with Gasteiger partial charge in [0.2, 0.25) is 0 Å². The predicted octanol–water partition coefficient (Wildman–Crippen LogP) is 3.64. The van der Waals surface area contributed by atoms with Gasteiger partial charge < -0.3 is 10.1 Å². The van der Waals surface area contributed by atoms with Crippen LogP contribution < -0.4 is 10.1 Å². The molecule has 0 bridgehead atoms. The Morgan fingerprint density at radius 2 is 2.06 bits per heavy atom. The van der Waals surface area contributed by atoms with Gasteiger partial charge in [-0.25, -0.2) is 0 Å². The van der Waals surface area contributed by atoms with Gasteiger partial charge in [-0.1, -0.05) is 12.5 Å². The summed E-state index contributed by atoms with van der Waals surface area (Å²) < 4.78 is 5.80. The van der Waals surface area contributed by atoms with E-state index >= 15 is 0 Å². The van der Waals surface area contributed by atoms with Gasteiger partial charge in [0.25, 0.3) is 0 Å².